The van der Waals surface area contributed by atoms with Crippen LogP contribution in [-0.2, 0) is 12.8 Å². The summed E-state index contributed by atoms with van der Waals surface area (Å²) in [5.74, 6) is 0.559. The Labute approximate surface area is 164 Å². The highest BCUT2D eigenvalue weighted by Crippen LogP contribution is 2.36. The number of hydrogen-bond acceptors (Lipinski definition) is 5. The number of carbonyl (C=O) groups excluding carboxylic acids is 1. The van der Waals surface area contributed by atoms with Gasteiger partial charge in [0.05, 0.1) is 5.56 Å². The average molecular weight is 373 g/mol. The number of hydrogen-bond donors (Lipinski definition) is 0. The molecule has 1 amide bonds. The minimum absolute atomic E-state index is 0.0736. The number of fused-ring (bicyclic) bond motifs is 1. The Hall–Kier alpha value is -3.28. The van der Waals surface area contributed by atoms with Crippen molar-refractivity contribution in [3.8, 4) is 0 Å². The molecule has 0 N–H and O–H groups in total. The van der Waals surface area contributed by atoms with Gasteiger partial charge in [-0.1, -0.05) is 18.2 Å². The third kappa shape index (κ3) is 3.58. The van der Waals surface area contributed by atoms with Crippen molar-refractivity contribution < 1.29 is 4.79 Å². The molecule has 1 atom stereocenters. The molecule has 142 valence electrons. The van der Waals surface area contributed by atoms with Gasteiger partial charge >= 0.3 is 0 Å². The Morgan fingerprint density at radius 2 is 1.86 bits per heavy atom. The maximum atomic E-state index is 12.7. The minimum Gasteiger partial charge on any atom is -0.341 e. The summed E-state index contributed by atoms with van der Waals surface area (Å²) in [4.78, 5) is 29.5. The van der Waals surface area contributed by atoms with E-state index in [4.69, 9.17) is 0 Å². The number of aromatic nitrogens is 3. The number of para-hydroxylation sites is 1. The van der Waals surface area contributed by atoms with Crippen LogP contribution in [0.5, 0.6) is 0 Å². The van der Waals surface area contributed by atoms with Gasteiger partial charge in [-0.2, -0.15) is 0 Å². The summed E-state index contributed by atoms with van der Waals surface area (Å²) in [6.07, 6.45) is 8.54. The first-order valence-electron chi connectivity index (χ1n) is 9.47. The molecule has 1 aliphatic rings. The Balaban J connectivity index is 1.45. The Bertz CT molecular complexity index is 958. The van der Waals surface area contributed by atoms with Crippen LogP contribution in [0.1, 0.15) is 28.4 Å². The van der Waals surface area contributed by atoms with Gasteiger partial charge in [-0.15, -0.1) is 0 Å². The van der Waals surface area contributed by atoms with Gasteiger partial charge < -0.3 is 9.80 Å². The van der Waals surface area contributed by atoms with Crippen LogP contribution in [0.15, 0.2) is 61.2 Å². The average Bonchev–Trinajstić information content (AvgIpc) is 3.08. The van der Waals surface area contributed by atoms with Crippen molar-refractivity contribution in [3.63, 3.8) is 0 Å². The van der Waals surface area contributed by atoms with Crippen molar-refractivity contribution in [1.29, 1.82) is 0 Å². The fraction of sp³-hybridized carbons (Fsp3) is 0.273. The van der Waals surface area contributed by atoms with Crippen LogP contribution >= 0.6 is 0 Å². The van der Waals surface area contributed by atoms with Crippen LogP contribution in [-0.4, -0.2) is 45.4 Å². The molecule has 0 fully saturated rings. The van der Waals surface area contributed by atoms with Gasteiger partial charge in [0.25, 0.3) is 5.91 Å². The zero-order valence-corrected chi connectivity index (χ0v) is 16.1. The first-order valence-corrected chi connectivity index (χ1v) is 9.47. The quantitative estimate of drug-likeness (QED) is 0.687. The van der Waals surface area contributed by atoms with Gasteiger partial charge in [-0.05, 0) is 49.1 Å². The summed E-state index contributed by atoms with van der Waals surface area (Å²) < 4.78 is 0. The predicted molar refractivity (Wildman–Crippen MR) is 109 cm³/mol. The van der Waals surface area contributed by atoms with Gasteiger partial charge in [0.1, 0.15) is 0 Å². The monoisotopic (exact) mass is 373 g/mol. The smallest absolute Gasteiger partial charge is 0.256 e. The number of pyridine rings is 1. The maximum absolute atomic E-state index is 12.7. The summed E-state index contributed by atoms with van der Waals surface area (Å²) >= 11 is 0. The SMILES string of the molecule is CC1Cc2ccccc2N1c1ncc(C(=O)N(C)CCc2ccncc2)cn1. The summed E-state index contributed by atoms with van der Waals surface area (Å²) in [7, 11) is 1.80. The molecule has 4 rings (SSSR count). The Morgan fingerprint density at radius 3 is 2.61 bits per heavy atom. The van der Waals surface area contributed by atoms with Crippen LogP contribution in [0.4, 0.5) is 11.6 Å². The zero-order chi connectivity index (χ0) is 19.5. The van der Waals surface area contributed by atoms with Gasteiger partial charge in [0, 0.05) is 50.1 Å². The topological polar surface area (TPSA) is 62.2 Å². The number of amides is 1. The van der Waals surface area contributed by atoms with E-state index in [1.807, 2.05) is 18.2 Å². The number of carbonyl (C=O) groups is 1. The molecule has 0 saturated heterocycles. The molecule has 3 heterocycles. The van der Waals surface area contributed by atoms with E-state index in [0.29, 0.717) is 24.1 Å². The molecule has 6 nitrogen and oxygen atoms in total. The molecule has 0 radical (unpaired) electrons. The van der Waals surface area contributed by atoms with Crippen LogP contribution in [0.3, 0.4) is 0 Å². The highest BCUT2D eigenvalue weighted by molar-refractivity contribution is 5.93. The molecule has 1 aliphatic heterocycles. The lowest BCUT2D eigenvalue weighted by Gasteiger charge is -2.23. The predicted octanol–water partition coefficient (Wildman–Crippen LogP) is 3.27. The highest BCUT2D eigenvalue weighted by Gasteiger charge is 2.28. The van der Waals surface area contributed by atoms with Crippen LogP contribution in [0.2, 0.25) is 0 Å². The first-order chi connectivity index (χ1) is 13.6. The van der Waals surface area contributed by atoms with Crippen molar-refractivity contribution >= 4 is 17.5 Å². The van der Waals surface area contributed by atoms with Crippen molar-refractivity contribution in [1.82, 2.24) is 19.9 Å². The summed E-state index contributed by atoms with van der Waals surface area (Å²) in [6.45, 7) is 2.79. The summed E-state index contributed by atoms with van der Waals surface area (Å²) in [6, 6.07) is 12.5. The van der Waals surface area contributed by atoms with Crippen LogP contribution in [0, 0.1) is 0 Å². The lowest BCUT2D eigenvalue weighted by atomic mass is 10.1. The van der Waals surface area contributed by atoms with Crippen molar-refractivity contribution in [2.75, 3.05) is 18.5 Å². The van der Waals surface area contributed by atoms with Crippen molar-refractivity contribution in [2.45, 2.75) is 25.8 Å². The highest BCUT2D eigenvalue weighted by atomic mass is 16.2. The third-order valence-electron chi connectivity index (χ3n) is 5.14. The van der Waals surface area contributed by atoms with Crippen molar-refractivity contribution in [2.24, 2.45) is 0 Å². The summed E-state index contributed by atoms with van der Waals surface area (Å²) in [5.41, 5.74) is 4.10. The molecule has 1 aromatic carbocycles. The second-order valence-corrected chi connectivity index (χ2v) is 7.16. The summed E-state index contributed by atoms with van der Waals surface area (Å²) in [5, 5.41) is 0. The van der Waals surface area contributed by atoms with Crippen LogP contribution in [0.25, 0.3) is 0 Å². The molecule has 3 aromatic rings. The molecule has 2 aromatic heterocycles. The second kappa shape index (κ2) is 7.76. The van der Waals surface area contributed by atoms with Gasteiger partial charge in [0.15, 0.2) is 0 Å². The molecule has 1 unspecified atom stereocenters. The Kier molecular flexibility index (Phi) is 5.02. The zero-order valence-electron chi connectivity index (χ0n) is 16.1. The minimum atomic E-state index is -0.0736. The Morgan fingerprint density at radius 1 is 1.14 bits per heavy atom. The van der Waals surface area contributed by atoms with Gasteiger partial charge in [-0.3, -0.25) is 9.78 Å². The molecular weight excluding hydrogens is 350 g/mol. The second-order valence-electron chi connectivity index (χ2n) is 7.16. The van der Waals surface area contributed by atoms with E-state index in [-0.39, 0.29) is 5.91 Å². The van der Waals surface area contributed by atoms with E-state index in [1.165, 1.54) is 5.56 Å². The number of rotatable bonds is 5. The molecule has 6 heteroatoms. The van der Waals surface area contributed by atoms with Crippen LogP contribution < -0.4 is 4.90 Å². The normalized spacial score (nSPS) is 15.4. The third-order valence-corrected chi connectivity index (χ3v) is 5.14. The van der Waals surface area contributed by atoms with E-state index in [1.54, 1.807) is 36.7 Å². The molecule has 0 saturated carbocycles. The number of likely N-dealkylation sites (N-methyl/N-ethyl adjacent to an activating group) is 1. The van der Waals surface area contributed by atoms with E-state index in [0.717, 1.165) is 24.1 Å². The maximum Gasteiger partial charge on any atom is 0.256 e. The van der Waals surface area contributed by atoms with E-state index in [9.17, 15) is 4.79 Å². The molecule has 28 heavy (non-hydrogen) atoms. The first kappa shape index (κ1) is 18.1. The van der Waals surface area contributed by atoms with E-state index >= 15 is 0 Å². The standard InChI is InChI=1S/C22H23N5O/c1-16-13-18-5-3-4-6-20(18)27(16)22-24-14-19(15-25-22)21(28)26(2)12-9-17-7-10-23-11-8-17/h3-8,10-11,14-16H,9,12-13H2,1-2H3. The number of benzene rings is 1. The molecular formula is C22H23N5O. The van der Waals surface area contributed by atoms with E-state index < -0.39 is 0 Å². The fourth-order valence-electron chi connectivity index (χ4n) is 3.59. The largest absolute Gasteiger partial charge is 0.341 e. The molecule has 0 aliphatic carbocycles. The molecule has 0 spiro atoms. The van der Waals surface area contributed by atoms with Crippen molar-refractivity contribution in [3.05, 3.63) is 77.9 Å². The number of nitrogens with zero attached hydrogens (tertiary/aromatic N) is 5. The molecule has 0 bridgehead atoms. The number of anilines is 2. The lowest BCUT2D eigenvalue weighted by Crippen LogP contribution is -2.30. The van der Waals surface area contributed by atoms with Gasteiger partial charge in [0.2, 0.25) is 5.95 Å². The fourth-order valence-corrected chi connectivity index (χ4v) is 3.59. The lowest BCUT2D eigenvalue weighted by molar-refractivity contribution is 0.0796. The van der Waals surface area contributed by atoms with Gasteiger partial charge in [-0.25, -0.2) is 9.97 Å². The van der Waals surface area contributed by atoms with E-state index in [2.05, 4.69) is 45.0 Å².